The summed E-state index contributed by atoms with van der Waals surface area (Å²) in [7, 11) is 0. The highest BCUT2D eigenvalue weighted by molar-refractivity contribution is 6.30. The molecular formula is C20H25ClN4O2. The van der Waals surface area contributed by atoms with Gasteiger partial charge in [-0.05, 0) is 25.0 Å². The van der Waals surface area contributed by atoms with Crippen LogP contribution in [0.4, 0.5) is 0 Å². The van der Waals surface area contributed by atoms with Crippen LogP contribution in [0.15, 0.2) is 30.5 Å². The van der Waals surface area contributed by atoms with Crippen LogP contribution >= 0.6 is 11.6 Å². The molecule has 1 aromatic carbocycles. The maximum atomic E-state index is 11.4. The average molecular weight is 389 g/mol. The molecule has 1 aromatic heterocycles. The molecule has 27 heavy (non-hydrogen) atoms. The highest BCUT2D eigenvalue weighted by Crippen LogP contribution is 2.26. The third-order valence-corrected chi connectivity index (χ3v) is 5.70. The van der Waals surface area contributed by atoms with E-state index in [-0.39, 0.29) is 12.0 Å². The van der Waals surface area contributed by atoms with Crippen molar-refractivity contribution in [2.75, 3.05) is 19.6 Å². The van der Waals surface area contributed by atoms with Gasteiger partial charge in [0.15, 0.2) is 0 Å². The lowest BCUT2D eigenvalue weighted by Gasteiger charge is -2.33. The molecule has 1 atom stereocenters. The predicted octanol–water partition coefficient (Wildman–Crippen LogP) is 2.70. The van der Waals surface area contributed by atoms with Crippen LogP contribution < -0.4 is 5.32 Å². The monoisotopic (exact) mass is 388 g/mol. The molecule has 1 unspecified atom stereocenters. The van der Waals surface area contributed by atoms with Gasteiger partial charge in [0.2, 0.25) is 5.91 Å². The number of aromatic nitrogens is 2. The number of hydrogen-bond donors (Lipinski definition) is 1. The van der Waals surface area contributed by atoms with Crippen molar-refractivity contribution in [3.8, 4) is 11.3 Å². The number of ether oxygens (including phenoxy) is 1. The molecule has 0 spiro atoms. The number of benzene rings is 1. The first kappa shape index (κ1) is 18.5. The Hall–Kier alpha value is -1.89. The smallest absolute Gasteiger partial charge is 0.219 e. The molecule has 6 nitrogen and oxygen atoms in total. The van der Waals surface area contributed by atoms with E-state index < -0.39 is 0 Å². The summed E-state index contributed by atoms with van der Waals surface area (Å²) < 4.78 is 8.23. The molecule has 0 aliphatic carbocycles. The van der Waals surface area contributed by atoms with E-state index in [4.69, 9.17) is 16.3 Å². The number of amides is 1. The Labute approximate surface area is 164 Å². The van der Waals surface area contributed by atoms with Crippen molar-refractivity contribution >= 4 is 17.5 Å². The standard InChI is InChI=1S/C20H25ClN4O2/c1-14(26)24-7-5-17(6-8-24)22-10-18-12-25-19(11-23-20(25)13-27-18)15-3-2-4-16(21)9-15/h2-4,9,11,17-18,22H,5-8,10,12-13H2,1H3. The van der Waals surface area contributed by atoms with E-state index in [9.17, 15) is 4.79 Å². The van der Waals surface area contributed by atoms with E-state index in [2.05, 4.69) is 20.9 Å². The predicted molar refractivity (Wildman–Crippen MR) is 105 cm³/mol. The van der Waals surface area contributed by atoms with Gasteiger partial charge in [-0.15, -0.1) is 0 Å². The Balaban J connectivity index is 1.36. The van der Waals surface area contributed by atoms with Gasteiger partial charge >= 0.3 is 0 Å². The second-order valence-corrected chi connectivity index (χ2v) is 7.74. The Morgan fingerprint density at radius 2 is 2.19 bits per heavy atom. The van der Waals surface area contributed by atoms with E-state index >= 15 is 0 Å². The lowest BCUT2D eigenvalue weighted by Crippen LogP contribution is -2.47. The van der Waals surface area contributed by atoms with E-state index in [0.717, 1.165) is 61.1 Å². The summed E-state index contributed by atoms with van der Waals surface area (Å²) in [6.45, 7) is 5.42. The first-order chi connectivity index (χ1) is 13.1. The molecule has 3 heterocycles. The number of nitrogens with zero attached hydrogens (tertiary/aromatic N) is 3. The Morgan fingerprint density at radius 1 is 1.37 bits per heavy atom. The summed E-state index contributed by atoms with van der Waals surface area (Å²) in [6, 6.07) is 8.31. The molecule has 1 fully saturated rings. The molecule has 0 radical (unpaired) electrons. The van der Waals surface area contributed by atoms with Crippen molar-refractivity contribution in [2.45, 2.75) is 45.1 Å². The van der Waals surface area contributed by atoms with Crippen LogP contribution in [0.1, 0.15) is 25.6 Å². The van der Waals surface area contributed by atoms with Gasteiger partial charge in [0.1, 0.15) is 12.4 Å². The van der Waals surface area contributed by atoms with Crippen molar-refractivity contribution in [3.05, 3.63) is 41.3 Å². The number of carbonyl (C=O) groups is 1. The molecule has 1 N–H and O–H groups in total. The van der Waals surface area contributed by atoms with Gasteiger partial charge in [0, 0.05) is 43.2 Å². The van der Waals surface area contributed by atoms with Crippen LogP contribution in [0.5, 0.6) is 0 Å². The van der Waals surface area contributed by atoms with Gasteiger partial charge in [0.25, 0.3) is 0 Å². The number of piperidine rings is 1. The van der Waals surface area contributed by atoms with Crippen LogP contribution in [0.2, 0.25) is 5.02 Å². The normalized spacial score (nSPS) is 20.5. The minimum Gasteiger partial charge on any atom is -0.367 e. The Bertz CT molecular complexity index is 814. The zero-order valence-corrected chi connectivity index (χ0v) is 16.3. The number of halogens is 1. The minimum atomic E-state index is 0.107. The van der Waals surface area contributed by atoms with Crippen molar-refractivity contribution in [1.82, 2.24) is 19.8 Å². The maximum Gasteiger partial charge on any atom is 0.219 e. The van der Waals surface area contributed by atoms with Crippen molar-refractivity contribution in [3.63, 3.8) is 0 Å². The fourth-order valence-corrected chi connectivity index (χ4v) is 4.07. The summed E-state index contributed by atoms with van der Waals surface area (Å²) in [6.07, 6.45) is 4.00. The molecular weight excluding hydrogens is 364 g/mol. The summed E-state index contributed by atoms with van der Waals surface area (Å²) in [5.41, 5.74) is 2.15. The van der Waals surface area contributed by atoms with Crippen LogP contribution in [-0.2, 0) is 22.7 Å². The summed E-state index contributed by atoms with van der Waals surface area (Å²) >= 11 is 6.15. The lowest BCUT2D eigenvalue weighted by atomic mass is 10.0. The van der Waals surface area contributed by atoms with E-state index in [0.29, 0.717) is 12.6 Å². The van der Waals surface area contributed by atoms with Crippen molar-refractivity contribution < 1.29 is 9.53 Å². The molecule has 0 bridgehead atoms. The first-order valence-corrected chi connectivity index (χ1v) is 9.89. The second kappa shape index (κ2) is 8.00. The SMILES string of the molecule is CC(=O)N1CCC(NCC2Cn3c(-c4cccc(Cl)c4)cnc3CO2)CC1. The topological polar surface area (TPSA) is 59.4 Å². The molecule has 2 aliphatic rings. The molecule has 4 rings (SSSR count). The van der Waals surface area contributed by atoms with Crippen molar-refractivity contribution in [2.24, 2.45) is 0 Å². The number of imidazole rings is 1. The fourth-order valence-electron chi connectivity index (χ4n) is 3.88. The molecule has 2 aromatic rings. The quantitative estimate of drug-likeness (QED) is 0.874. The third-order valence-electron chi connectivity index (χ3n) is 5.47. The van der Waals surface area contributed by atoms with Gasteiger partial charge in [-0.1, -0.05) is 23.7 Å². The zero-order valence-electron chi connectivity index (χ0n) is 15.5. The van der Waals surface area contributed by atoms with E-state index in [1.807, 2.05) is 29.3 Å². The van der Waals surface area contributed by atoms with Crippen LogP contribution in [-0.4, -0.2) is 52.1 Å². The van der Waals surface area contributed by atoms with E-state index in [1.54, 1.807) is 6.92 Å². The van der Waals surface area contributed by atoms with Gasteiger partial charge < -0.3 is 19.5 Å². The second-order valence-electron chi connectivity index (χ2n) is 7.30. The molecule has 2 aliphatic heterocycles. The Morgan fingerprint density at radius 3 is 2.93 bits per heavy atom. The maximum absolute atomic E-state index is 11.4. The highest BCUT2D eigenvalue weighted by Gasteiger charge is 2.25. The number of rotatable bonds is 4. The fraction of sp³-hybridized carbons (Fsp3) is 0.500. The summed E-state index contributed by atoms with van der Waals surface area (Å²) in [4.78, 5) is 17.9. The van der Waals surface area contributed by atoms with Gasteiger partial charge in [-0.3, -0.25) is 4.79 Å². The summed E-state index contributed by atoms with van der Waals surface area (Å²) in [5.74, 6) is 1.13. The van der Waals surface area contributed by atoms with Gasteiger partial charge in [0.05, 0.1) is 24.5 Å². The molecule has 1 saturated heterocycles. The average Bonchev–Trinajstić information content (AvgIpc) is 3.10. The molecule has 1 amide bonds. The highest BCUT2D eigenvalue weighted by atomic mass is 35.5. The largest absolute Gasteiger partial charge is 0.367 e. The first-order valence-electron chi connectivity index (χ1n) is 9.51. The number of hydrogen-bond acceptors (Lipinski definition) is 4. The molecule has 0 saturated carbocycles. The van der Waals surface area contributed by atoms with Crippen LogP contribution in [0, 0.1) is 0 Å². The third kappa shape index (κ3) is 4.18. The lowest BCUT2D eigenvalue weighted by molar-refractivity contribution is -0.129. The van der Waals surface area contributed by atoms with Gasteiger partial charge in [-0.25, -0.2) is 4.98 Å². The number of carbonyl (C=O) groups excluding carboxylic acids is 1. The van der Waals surface area contributed by atoms with Crippen LogP contribution in [0.25, 0.3) is 11.3 Å². The van der Waals surface area contributed by atoms with Gasteiger partial charge in [-0.2, -0.15) is 0 Å². The summed E-state index contributed by atoms with van der Waals surface area (Å²) in [5, 5.41) is 4.35. The molecule has 7 heteroatoms. The number of fused-ring (bicyclic) bond motifs is 1. The molecule has 144 valence electrons. The zero-order chi connectivity index (χ0) is 18.8. The van der Waals surface area contributed by atoms with Crippen LogP contribution in [0.3, 0.4) is 0 Å². The number of likely N-dealkylation sites (tertiary alicyclic amines) is 1. The minimum absolute atomic E-state index is 0.107. The Kier molecular flexibility index (Phi) is 5.48. The van der Waals surface area contributed by atoms with Crippen molar-refractivity contribution in [1.29, 1.82) is 0 Å². The number of nitrogens with one attached hydrogen (secondary N) is 1. The van der Waals surface area contributed by atoms with E-state index in [1.165, 1.54) is 0 Å².